The summed E-state index contributed by atoms with van der Waals surface area (Å²) in [5.41, 5.74) is 1.64. The Kier molecular flexibility index (Phi) is 5.17. The number of methoxy groups -OCH3 is 1. The predicted molar refractivity (Wildman–Crippen MR) is 83.9 cm³/mol. The fourth-order valence-corrected chi connectivity index (χ4v) is 2.84. The molecule has 8 heteroatoms. The Morgan fingerprint density at radius 2 is 2.00 bits per heavy atom. The highest BCUT2D eigenvalue weighted by molar-refractivity contribution is 7.89. The number of carbonyl (C=O) groups excluding carboxylic acids is 1. The molecular formula is C15H16N2O5S. The Labute approximate surface area is 134 Å². The van der Waals surface area contributed by atoms with Crippen LogP contribution in [0.3, 0.4) is 0 Å². The summed E-state index contributed by atoms with van der Waals surface area (Å²) in [6, 6.07) is 8.49. The van der Waals surface area contributed by atoms with Gasteiger partial charge in [0.15, 0.2) is 0 Å². The van der Waals surface area contributed by atoms with Gasteiger partial charge in [-0.05, 0) is 30.2 Å². The van der Waals surface area contributed by atoms with E-state index in [0.29, 0.717) is 11.3 Å². The van der Waals surface area contributed by atoms with E-state index in [1.54, 1.807) is 38.3 Å². The number of nitrogens with one attached hydrogen (secondary N) is 1. The van der Waals surface area contributed by atoms with E-state index in [0.717, 1.165) is 5.56 Å². The number of amides is 1. The number of hydrogen-bond acceptors (Lipinski definition) is 6. The summed E-state index contributed by atoms with van der Waals surface area (Å²) < 4.78 is 35.3. The summed E-state index contributed by atoms with van der Waals surface area (Å²) >= 11 is 0. The second kappa shape index (κ2) is 7.10. The number of benzene rings is 1. The number of aromatic nitrogens is 1. The number of allylic oxidation sites excluding steroid dienone is 1. The Morgan fingerprint density at radius 1 is 1.30 bits per heavy atom. The summed E-state index contributed by atoms with van der Waals surface area (Å²) in [7, 11) is -2.27. The average Bonchev–Trinajstić information content (AvgIpc) is 2.98. The van der Waals surface area contributed by atoms with Gasteiger partial charge in [0.25, 0.3) is 5.91 Å². The number of sulfonamides is 1. The van der Waals surface area contributed by atoms with Gasteiger partial charge in [0.1, 0.15) is 23.5 Å². The van der Waals surface area contributed by atoms with Crippen LogP contribution in [-0.2, 0) is 20.6 Å². The topological polar surface area (TPSA) is 98.5 Å². The minimum absolute atomic E-state index is 0.223. The van der Waals surface area contributed by atoms with Crippen LogP contribution >= 0.6 is 0 Å². The molecule has 2 rings (SSSR count). The van der Waals surface area contributed by atoms with E-state index in [1.165, 1.54) is 18.4 Å². The van der Waals surface area contributed by atoms with E-state index in [9.17, 15) is 13.2 Å². The van der Waals surface area contributed by atoms with Crippen molar-refractivity contribution in [3.8, 4) is 5.75 Å². The molecular weight excluding hydrogens is 320 g/mol. The fourth-order valence-electron chi connectivity index (χ4n) is 1.86. The van der Waals surface area contributed by atoms with Crippen molar-refractivity contribution >= 4 is 21.5 Å². The van der Waals surface area contributed by atoms with Gasteiger partial charge in [-0.3, -0.25) is 4.79 Å². The van der Waals surface area contributed by atoms with Crippen molar-refractivity contribution in [3.05, 3.63) is 53.9 Å². The van der Waals surface area contributed by atoms with E-state index in [4.69, 9.17) is 4.74 Å². The molecule has 2 aromatic rings. The second-order valence-electron chi connectivity index (χ2n) is 4.77. The molecule has 122 valence electrons. The lowest BCUT2D eigenvalue weighted by molar-refractivity contribution is -0.114. The number of hydrogen-bond donors (Lipinski definition) is 1. The van der Waals surface area contributed by atoms with Gasteiger partial charge in [-0.15, -0.1) is 0 Å². The summed E-state index contributed by atoms with van der Waals surface area (Å²) in [4.78, 5) is 11.9. The Morgan fingerprint density at radius 3 is 2.57 bits per heavy atom. The van der Waals surface area contributed by atoms with Crippen LogP contribution in [0.15, 0.2) is 47.2 Å². The van der Waals surface area contributed by atoms with Crippen LogP contribution in [0, 0.1) is 0 Å². The Balaban J connectivity index is 2.04. The summed E-state index contributed by atoms with van der Waals surface area (Å²) in [5, 5.41) is 3.50. The molecule has 0 aliphatic carbocycles. The van der Waals surface area contributed by atoms with Crippen molar-refractivity contribution in [2.75, 3.05) is 7.11 Å². The molecule has 1 heterocycles. The second-order valence-corrected chi connectivity index (χ2v) is 6.49. The Hall–Kier alpha value is -2.61. The number of nitrogens with zero attached hydrogens (tertiary/aromatic N) is 1. The van der Waals surface area contributed by atoms with Gasteiger partial charge in [0.2, 0.25) is 10.0 Å². The SMILES string of the molecule is COc1ccc(/C(C)=C/C(=O)NS(=O)(=O)Cc2ccon2)cc1. The number of rotatable bonds is 6. The first-order valence-corrected chi connectivity index (χ1v) is 8.31. The van der Waals surface area contributed by atoms with Crippen LogP contribution in [0.1, 0.15) is 18.2 Å². The highest BCUT2D eigenvalue weighted by atomic mass is 32.2. The van der Waals surface area contributed by atoms with Gasteiger partial charge in [-0.1, -0.05) is 17.3 Å². The highest BCUT2D eigenvalue weighted by Crippen LogP contribution is 2.18. The molecule has 0 radical (unpaired) electrons. The molecule has 0 unspecified atom stereocenters. The molecule has 1 aromatic carbocycles. The van der Waals surface area contributed by atoms with Crippen LogP contribution in [0.2, 0.25) is 0 Å². The molecule has 0 spiro atoms. The zero-order chi connectivity index (χ0) is 16.9. The monoisotopic (exact) mass is 336 g/mol. The predicted octanol–water partition coefficient (Wildman–Crippen LogP) is 1.73. The van der Waals surface area contributed by atoms with E-state index < -0.39 is 21.7 Å². The zero-order valence-electron chi connectivity index (χ0n) is 12.6. The quantitative estimate of drug-likeness (QED) is 0.807. The lowest BCUT2D eigenvalue weighted by atomic mass is 10.1. The van der Waals surface area contributed by atoms with Crippen molar-refractivity contribution in [2.24, 2.45) is 0 Å². The molecule has 7 nitrogen and oxygen atoms in total. The first-order valence-electron chi connectivity index (χ1n) is 6.66. The van der Waals surface area contributed by atoms with Crippen LogP contribution < -0.4 is 9.46 Å². The van der Waals surface area contributed by atoms with Gasteiger partial charge >= 0.3 is 0 Å². The molecule has 1 amide bonds. The largest absolute Gasteiger partial charge is 0.497 e. The molecule has 0 saturated heterocycles. The molecule has 0 saturated carbocycles. The van der Waals surface area contributed by atoms with Gasteiger partial charge < -0.3 is 9.26 Å². The Bertz CT molecular complexity index is 793. The van der Waals surface area contributed by atoms with E-state index >= 15 is 0 Å². The average molecular weight is 336 g/mol. The molecule has 0 aliphatic rings. The lowest BCUT2D eigenvalue weighted by Crippen LogP contribution is -2.30. The van der Waals surface area contributed by atoms with Gasteiger partial charge in [-0.25, -0.2) is 13.1 Å². The third-order valence-corrected chi connectivity index (χ3v) is 4.17. The third-order valence-electron chi connectivity index (χ3n) is 2.98. The van der Waals surface area contributed by atoms with Crippen molar-refractivity contribution in [1.29, 1.82) is 0 Å². The first kappa shape index (κ1) is 16.8. The van der Waals surface area contributed by atoms with Gasteiger partial charge in [-0.2, -0.15) is 0 Å². The molecule has 0 bridgehead atoms. The smallest absolute Gasteiger partial charge is 0.257 e. The zero-order valence-corrected chi connectivity index (χ0v) is 13.5. The fraction of sp³-hybridized carbons (Fsp3) is 0.200. The van der Waals surface area contributed by atoms with Crippen LogP contribution in [0.5, 0.6) is 5.75 Å². The van der Waals surface area contributed by atoms with Crippen LogP contribution in [-0.4, -0.2) is 26.6 Å². The van der Waals surface area contributed by atoms with Crippen molar-refractivity contribution in [2.45, 2.75) is 12.7 Å². The van der Waals surface area contributed by atoms with E-state index in [-0.39, 0.29) is 5.69 Å². The maximum Gasteiger partial charge on any atom is 0.257 e. The van der Waals surface area contributed by atoms with Crippen molar-refractivity contribution in [3.63, 3.8) is 0 Å². The standard InChI is InChI=1S/C15H16N2O5S/c1-11(12-3-5-14(21-2)6-4-12)9-15(18)17-23(19,20)10-13-7-8-22-16-13/h3-9H,10H2,1-2H3,(H,17,18)/b11-9+. The maximum absolute atomic E-state index is 11.9. The number of ether oxygens (including phenoxy) is 1. The number of carbonyl (C=O) groups is 1. The summed E-state index contributed by atoms with van der Waals surface area (Å²) in [6.45, 7) is 1.71. The molecule has 0 fully saturated rings. The van der Waals surface area contributed by atoms with Crippen molar-refractivity contribution < 1.29 is 22.5 Å². The minimum atomic E-state index is -3.83. The van der Waals surface area contributed by atoms with Crippen LogP contribution in [0.25, 0.3) is 5.57 Å². The first-order chi connectivity index (χ1) is 10.9. The summed E-state index contributed by atoms with van der Waals surface area (Å²) in [6.07, 6.45) is 2.49. The minimum Gasteiger partial charge on any atom is -0.497 e. The molecule has 0 aliphatic heterocycles. The lowest BCUT2D eigenvalue weighted by Gasteiger charge is -2.05. The van der Waals surface area contributed by atoms with Gasteiger partial charge in [0.05, 0.1) is 7.11 Å². The van der Waals surface area contributed by atoms with Crippen LogP contribution in [0.4, 0.5) is 0 Å². The third kappa shape index (κ3) is 4.96. The molecule has 1 N–H and O–H groups in total. The van der Waals surface area contributed by atoms with Crippen molar-refractivity contribution in [1.82, 2.24) is 9.88 Å². The maximum atomic E-state index is 11.9. The molecule has 23 heavy (non-hydrogen) atoms. The molecule has 1 aromatic heterocycles. The van der Waals surface area contributed by atoms with Gasteiger partial charge in [0, 0.05) is 12.1 Å². The summed E-state index contributed by atoms with van der Waals surface area (Å²) in [5.74, 6) is -0.451. The normalized spacial score (nSPS) is 12.0. The van der Waals surface area contributed by atoms with E-state index in [2.05, 4.69) is 9.68 Å². The van der Waals surface area contributed by atoms with E-state index in [1.807, 2.05) is 4.72 Å². The highest BCUT2D eigenvalue weighted by Gasteiger charge is 2.16. The molecule has 0 atom stereocenters.